The van der Waals surface area contributed by atoms with Crippen molar-refractivity contribution in [2.24, 2.45) is 17.8 Å². The Hall–Kier alpha value is -0.0400. The second-order valence-corrected chi connectivity index (χ2v) is 3.87. The average molecular weight is 140 g/mol. The SMILES string of the molecule is C[C@H]1CCC[C@H]2COC[C@H]21. The smallest absolute Gasteiger partial charge is 0.0500 e. The molecule has 2 aliphatic rings. The monoisotopic (exact) mass is 140 g/mol. The normalized spacial score (nSPS) is 47.1. The maximum Gasteiger partial charge on any atom is 0.0500 e. The highest BCUT2D eigenvalue weighted by atomic mass is 16.5. The predicted molar refractivity (Wildman–Crippen MR) is 40.8 cm³/mol. The lowest BCUT2D eigenvalue weighted by Gasteiger charge is -2.29. The van der Waals surface area contributed by atoms with E-state index < -0.39 is 0 Å². The first-order chi connectivity index (χ1) is 4.88. The van der Waals surface area contributed by atoms with Crippen molar-refractivity contribution in [3.63, 3.8) is 0 Å². The van der Waals surface area contributed by atoms with Crippen LogP contribution in [0.2, 0.25) is 0 Å². The maximum atomic E-state index is 5.46. The topological polar surface area (TPSA) is 9.23 Å². The summed E-state index contributed by atoms with van der Waals surface area (Å²) >= 11 is 0. The molecule has 0 aromatic rings. The van der Waals surface area contributed by atoms with Crippen molar-refractivity contribution in [2.45, 2.75) is 26.2 Å². The highest BCUT2D eigenvalue weighted by Gasteiger charge is 2.34. The summed E-state index contributed by atoms with van der Waals surface area (Å²) in [6.07, 6.45) is 4.30. The lowest BCUT2D eigenvalue weighted by molar-refractivity contribution is 0.173. The Morgan fingerprint density at radius 2 is 2.10 bits per heavy atom. The minimum atomic E-state index is 0.911. The Morgan fingerprint density at radius 1 is 1.20 bits per heavy atom. The summed E-state index contributed by atoms with van der Waals surface area (Å²) in [5, 5.41) is 0. The van der Waals surface area contributed by atoms with Crippen LogP contribution in [-0.4, -0.2) is 13.2 Å². The van der Waals surface area contributed by atoms with Crippen LogP contribution in [0, 0.1) is 17.8 Å². The van der Waals surface area contributed by atoms with Gasteiger partial charge >= 0.3 is 0 Å². The Bertz CT molecular complexity index is 122. The van der Waals surface area contributed by atoms with Crippen LogP contribution in [0.5, 0.6) is 0 Å². The average Bonchev–Trinajstić information content (AvgIpc) is 2.36. The third-order valence-electron chi connectivity index (χ3n) is 3.21. The Kier molecular flexibility index (Phi) is 1.69. The van der Waals surface area contributed by atoms with Crippen LogP contribution < -0.4 is 0 Å². The van der Waals surface area contributed by atoms with Gasteiger partial charge in [-0.3, -0.25) is 0 Å². The summed E-state index contributed by atoms with van der Waals surface area (Å²) in [5.74, 6) is 2.76. The quantitative estimate of drug-likeness (QED) is 0.500. The molecule has 1 saturated carbocycles. The van der Waals surface area contributed by atoms with Gasteiger partial charge in [0.1, 0.15) is 0 Å². The Morgan fingerprint density at radius 3 is 2.90 bits per heavy atom. The summed E-state index contributed by atoms with van der Waals surface area (Å²) in [7, 11) is 0. The molecule has 0 spiro atoms. The van der Waals surface area contributed by atoms with Gasteiger partial charge in [-0.1, -0.05) is 19.8 Å². The van der Waals surface area contributed by atoms with Crippen LogP contribution in [0.15, 0.2) is 0 Å². The van der Waals surface area contributed by atoms with E-state index >= 15 is 0 Å². The molecule has 0 aromatic carbocycles. The fraction of sp³-hybridized carbons (Fsp3) is 1.00. The van der Waals surface area contributed by atoms with E-state index in [1.54, 1.807) is 0 Å². The van der Waals surface area contributed by atoms with Gasteiger partial charge in [-0.15, -0.1) is 0 Å². The molecule has 1 saturated heterocycles. The first-order valence-corrected chi connectivity index (χ1v) is 4.45. The first-order valence-electron chi connectivity index (χ1n) is 4.45. The molecule has 3 atom stereocenters. The van der Waals surface area contributed by atoms with Crippen LogP contribution >= 0.6 is 0 Å². The molecule has 0 amide bonds. The van der Waals surface area contributed by atoms with E-state index in [2.05, 4.69) is 6.92 Å². The molecule has 2 rings (SSSR count). The van der Waals surface area contributed by atoms with Crippen molar-refractivity contribution >= 4 is 0 Å². The van der Waals surface area contributed by atoms with Crippen LogP contribution in [0.1, 0.15) is 26.2 Å². The van der Waals surface area contributed by atoms with E-state index in [1.165, 1.54) is 19.3 Å². The van der Waals surface area contributed by atoms with Crippen LogP contribution in [0.25, 0.3) is 0 Å². The largest absolute Gasteiger partial charge is 0.381 e. The van der Waals surface area contributed by atoms with Gasteiger partial charge in [-0.2, -0.15) is 0 Å². The minimum Gasteiger partial charge on any atom is -0.381 e. The van der Waals surface area contributed by atoms with E-state index in [-0.39, 0.29) is 0 Å². The van der Waals surface area contributed by atoms with Crippen molar-refractivity contribution in [1.82, 2.24) is 0 Å². The molecular formula is C9H16O. The number of fused-ring (bicyclic) bond motifs is 1. The highest BCUT2D eigenvalue weighted by Crippen LogP contribution is 2.38. The van der Waals surface area contributed by atoms with Gasteiger partial charge < -0.3 is 4.74 Å². The molecule has 1 nitrogen and oxygen atoms in total. The molecule has 58 valence electrons. The van der Waals surface area contributed by atoms with E-state index in [1.807, 2.05) is 0 Å². The molecule has 2 fully saturated rings. The van der Waals surface area contributed by atoms with Gasteiger partial charge in [-0.05, 0) is 24.2 Å². The molecule has 0 radical (unpaired) electrons. The first kappa shape index (κ1) is 6.66. The third-order valence-corrected chi connectivity index (χ3v) is 3.21. The summed E-state index contributed by atoms with van der Waals surface area (Å²) in [4.78, 5) is 0. The molecule has 0 unspecified atom stereocenters. The molecular weight excluding hydrogens is 124 g/mol. The second kappa shape index (κ2) is 2.54. The Labute approximate surface area is 62.8 Å². The zero-order chi connectivity index (χ0) is 6.97. The lowest BCUT2D eigenvalue weighted by Crippen LogP contribution is -2.24. The molecule has 1 aliphatic carbocycles. The molecule has 0 bridgehead atoms. The Balaban J connectivity index is 2.03. The van der Waals surface area contributed by atoms with Crippen molar-refractivity contribution in [3.05, 3.63) is 0 Å². The van der Waals surface area contributed by atoms with E-state index in [4.69, 9.17) is 4.74 Å². The van der Waals surface area contributed by atoms with Crippen molar-refractivity contribution in [3.8, 4) is 0 Å². The van der Waals surface area contributed by atoms with Gasteiger partial charge in [-0.25, -0.2) is 0 Å². The zero-order valence-corrected chi connectivity index (χ0v) is 6.68. The van der Waals surface area contributed by atoms with Gasteiger partial charge in [0.15, 0.2) is 0 Å². The molecule has 0 aromatic heterocycles. The van der Waals surface area contributed by atoms with Crippen molar-refractivity contribution in [1.29, 1.82) is 0 Å². The number of ether oxygens (including phenoxy) is 1. The number of rotatable bonds is 0. The lowest BCUT2D eigenvalue weighted by atomic mass is 9.75. The molecule has 1 heteroatoms. The fourth-order valence-electron chi connectivity index (χ4n) is 2.46. The molecule has 1 aliphatic heterocycles. The van der Waals surface area contributed by atoms with Crippen LogP contribution in [0.3, 0.4) is 0 Å². The van der Waals surface area contributed by atoms with Gasteiger partial charge in [0.25, 0.3) is 0 Å². The minimum absolute atomic E-state index is 0.911. The predicted octanol–water partition coefficient (Wildman–Crippen LogP) is 2.07. The second-order valence-electron chi connectivity index (χ2n) is 3.87. The summed E-state index contributed by atoms with van der Waals surface area (Å²) in [6, 6.07) is 0. The van der Waals surface area contributed by atoms with Gasteiger partial charge in [0.05, 0.1) is 0 Å². The van der Waals surface area contributed by atoms with Crippen LogP contribution in [-0.2, 0) is 4.74 Å². The number of hydrogen-bond acceptors (Lipinski definition) is 1. The van der Waals surface area contributed by atoms with Crippen molar-refractivity contribution in [2.75, 3.05) is 13.2 Å². The molecule has 10 heavy (non-hydrogen) atoms. The fourth-order valence-corrected chi connectivity index (χ4v) is 2.46. The third kappa shape index (κ3) is 0.968. The standard InChI is InChI=1S/C9H16O/c1-7-3-2-4-8-5-10-6-9(7)8/h7-9H,2-6H2,1H3/t7-,8-,9-/m0/s1. The molecule has 1 heterocycles. The summed E-state index contributed by atoms with van der Waals surface area (Å²) < 4.78 is 5.46. The van der Waals surface area contributed by atoms with Gasteiger partial charge in [0, 0.05) is 13.2 Å². The highest BCUT2D eigenvalue weighted by molar-refractivity contribution is 4.83. The van der Waals surface area contributed by atoms with Crippen LogP contribution in [0.4, 0.5) is 0 Å². The zero-order valence-electron chi connectivity index (χ0n) is 6.68. The molecule has 0 N–H and O–H groups in total. The van der Waals surface area contributed by atoms with Crippen molar-refractivity contribution < 1.29 is 4.74 Å². The summed E-state index contributed by atoms with van der Waals surface area (Å²) in [5.41, 5.74) is 0. The maximum absolute atomic E-state index is 5.46. The van der Waals surface area contributed by atoms with E-state index in [9.17, 15) is 0 Å². The van der Waals surface area contributed by atoms with E-state index in [0.29, 0.717) is 0 Å². The van der Waals surface area contributed by atoms with Gasteiger partial charge in [0.2, 0.25) is 0 Å². The number of hydrogen-bond donors (Lipinski definition) is 0. The van der Waals surface area contributed by atoms with E-state index in [0.717, 1.165) is 31.0 Å². The summed E-state index contributed by atoms with van der Waals surface area (Å²) in [6.45, 7) is 4.48.